The number of hydrazone groups is 1. The molecule has 0 N–H and O–H groups in total. The maximum atomic E-state index is 6.30. The Morgan fingerprint density at radius 1 is 0.893 bits per heavy atom. The molecule has 3 aliphatic rings. The largest absolute Gasteiger partial charge is 0.463 e. The Kier molecular flexibility index (Phi) is 3.32. The van der Waals surface area contributed by atoms with Crippen LogP contribution in [0.3, 0.4) is 0 Å². The van der Waals surface area contributed by atoms with Crippen molar-refractivity contribution in [2.75, 3.05) is 6.79 Å². The van der Waals surface area contributed by atoms with Gasteiger partial charge in [-0.2, -0.15) is 5.10 Å². The van der Waals surface area contributed by atoms with Gasteiger partial charge in [-0.1, -0.05) is 24.3 Å². The van der Waals surface area contributed by atoms with Crippen LogP contribution in [0.2, 0.25) is 0 Å². The second-order valence-corrected chi connectivity index (χ2v) is 6.98. The van der Waals surface area contributed by atoms with E-state index in [9.17, 15) is 0 Å². The minimum absolute atomic E-state index is 0.109. The number of ether oxygens (including phenoxy) is 3. The molecule has 0 spiro atoms. The van der Waals surface area contributed by atoms with Crippen molar-refractivity contribution in [3.63, 3.8) is 0 Å². The molecule has 2 aromatic carbocycles. The summed E-state index contributed by atoms with van der Waals surface area (Å²) in [5, 5.41) is 6.98. The van der Waals surface area contributed by atoms with Gasteiger partial charge >= 0.3 is 0 Å². The number of rotatable bonds is 2. The van der Waals surface area contributed by atoms with Crippen LogP contribution in [-0.2, 0) is 0 Å². The highest BCUT2D eigenvalue weighted by atomic mass is 16.7. The molecule has 0 amide bonds. The van der Waals surface area contributed by atoms with Gasteiger partial charge in [-0.3, -0.25) is 4.98 Å². The Morgan fingerprint density at radius 2 is 1.79 bits per heavy atom. The molecule has 4 heterocycles. The number of fused-ring (bicyclic) bond motifs is 4. The molecule has 0 fully saturated rings. The van der Waals surface area contributed by atoms with Gasteiger partial charge in [0.05, 0.1) is 11.8 Å². The van der Waals surface area contributed by atoms with Crippen LogP contribution in [-0.4, -0.2) is 22.5 Å². The monoisotopic (exact) mass is 371 g/mol. The first kappa shape index (κ1) is 15.5. The van der Waals surface area contributed by atoms with Crippen LogP contribution in [0, 0.1) is 0 Å². The summed E-state index contributed by atoms with van der Waals surface area (Å²) in [5.74, 6) is 2.43. The lowest BCUT2D eigenvalue weighted by molar-refractivity contribution is -0.0218. The quantitative estimate of drug-likeness (QED) is 0.680. The van der Waals surface area contributed by atoms with E-state index in [0.717, 1.165) is 46.2 Å². The summed E-state index contributed by atoms with van der Waals surface area (Å²) in [5.41, 5.74) is 4.03. The van der Waals surface area contributed by atoms with E-state index in [4.69, 9.17) is 19.3 Å². The normalized spacial score (nSPS) is 21.6. The average Bonchev–Trinajstić information content (AvgIpc) is 3.40. The Hall–Kier alpha value is -3.54. The van der Waals surface area contributed by atoms with E-state index < -0.39 is 0 Å². The second kappa shape index (κ2) is 5.99. The first-order valence-corrected chi connectivity index (χ1v) is 9.29. The van der Waals surface area contributed by atoms with Gasteiger partial charge < -0.3 is 14.2 Å². The number of aromatic nitrogens is 1. The average molecular weight is 371 g/mol. The van der Waals surface area contributed by atoms with Crippen molar-refractivity contribution in [3.8, 4) is 17.2 Å². The number of hydrogen-bond acceptors (Lipinski definition) is 6. The zero-order valence-corrected chi connectivity index (χ0v) is 15.0. The zero-order valence-electron chi connectivity index (χ0n) is 15.0. The minimum Gasteiger partial charge on any atom is -0.463 e. The van der Waals surface area contributed by atoms with Gasteiger partial charge in [0.25, 0.3) is 0 Å². The van der Waals surface area contributed by atoms with E-state index in [2.05, 4.69) is 11.1 Å². The number of pyridine rings is 1. The SMILES string of the molecule is c1ccc([C@H]2Oc3ccccc3[C@@H]3CC(c4ccc5c(c4)OCO5)=NN23)nc1. The maximum Gasteiger partial charge on any atom is 0.231 e. The van der Waals surface area contributed by atoms with E-state index >= 15 is 0 Å². The molecule has 138 valence electrons. The van der Waals surface area contributed by atoms with Crippen molar-refractivity contribution in [3.05, 3.63) is 83.7 Å². The minimum atomic E-state index is -0.354. The van der Waals surface area contributed by atoms with E-state index in [1.165, 1.54) is 0 Å². The first-order valence-electron chi connectivity index (χ1n) is 9.29. The highest BCUT2D eigenvalue weighted by molar-refractivity contribution is 6.02. The van der Waals surface area contributed by atoms with Gasteiger partial charge in [-0.25, -0.2) is 5.01 Å². The van der Waals surface area contributed by atoms with Crippen LogP contribution in [0.15, 0.2) is 72.0 Å². The van der Waals surface area contributed by atoms with Gasteiger partial charge in [0.2, 0.25) is 13.0 Å². The van der Waals surface area contributed by atoms with E-state index in [-0.39, 0.29) is 19.1 Å². The van der Waals surface area contributed by atoms with Gasteiger partial charge in [0.1, 0.15) is 11.4 Å². The Balaban J connectivity index is 1.43. The molecule has 0 radical (unpaired) electrons. The van der Waals surface area contributed by atoms with Crippen LogP contribution < -0.4 is 14.2 Å². The van der Waals surface area contributed by atoms with Crippen molar-refractivity contribution in [2.24, 2.45) is 5.10 Å². The molecule has 1 aromatic heterocycles. The van der Waals surface area contributed by atoms with Crippen LogP contribution in [0.4, 0.5) is 0 Å². The summed E-state index contributed by atoms with van der Waals surface area (Å²) >= 11 is 0. The predicted molar refractivity (Wildman–Crippen MR) is 102 cm³/mol. The van der Waals surface area contributed by atoms with Crippen LogP contribution in [0.5, 0.6) is 17.2 Å². The first-order chi connectivity index (χ1) is 13.9. The van der Waals surface area contributed by atoms with E-state index in [1.54, 1.807) is 6.20 Å². The van der Waals surface area contributed by atoms with Crippen LogP contribution in [0.1, 0.15) is 35.5 Å². The highest BCUT2D eigenvalue weighted by Crippen LogP contribution is 2.47. The summed E-state index contributed by atoms with van der Waals surface area (Å²) in [7, 11) is 0. The van der Waals surface area contributed by atoms with Crippen molar-refractivity contribution >= 4 is 5.71 Å². The molecule has 6 nitrogen and oxygen atoms in total. The number of para-hydroxylation sites is 1. The summed E-state index contributed by atoms with van der Waals surface area (Å²) in [4.78, 5) is 4.51. The molecule has 2 atom stereocenters. The summed E-state index contributed by atoms with van der Waals surface area (Å²) in [6.45, 7) is 0.267. The molecule has 0 unspecified atom stereocenters. The van der Waals surface area contributed by atoms with E-state index in [0.29, 0.717) is 0 Å². The molecular weight excluding hydrogens is 354 g/mol. The standard InChI is InChI=1S/C22H17N3O3/c1-2-7-19-15(5-1)18-12-17(14-8-9-20-21(11-14)27-13-26-20)24-25(18)22(28-19)16-6-3-4-10-23-16/h1-11,18,22H,12-13H2/t18-,22+/m0/s1. The van der Waals surface area contributed by atoms with Gasteiger partial charge in [-0.15, -0.1) is 0 Å². The smallest absolute Gasteiger partial charge is 0.231 e. The molecule has 6 rings (SSSR count). The molecule has 0 saturated heterocycles. The van der Waals surface area contributed by atoms with Crippen molar-refractivity contribution < 1.29 is 14.2 Å². The van der Waals surface area contributed by atoms with E-state index in [1.807, 2.05) is 59.6 Å². The molecule has 28 heavy (non-hydrogen) atoms. The third kappa shape index (κ3) is 2.34. The molecule has 3 aliphatic heterocycles. The maximum absolute atomic E-state index is 6.30. The molecule has 0 saturated carbocycles. The fourth-order valence-electron chi connectivity index (χ4n) is 4.00. The molecule has 0 aliphatic carbocycles. The van der Waals surface area contributed by atoms with Gasteiger partial charge in [0.15, 0.2) is 11.5 Å². The Labute approximate surface area is 162 Å². The second-order valence-electron chi connectivity index (χ2n) is 6.98. The Morgan fingerprint density at radius 3 is 2.71 bits per heavy atom. The zero-order chi connectivity index (χ0) is 18.5. The van der Waals surface area contributed by atoms with Crippen molar-refractivity contribution in [1.82, 2.24) is 9.99 Å². The number of nitrogens with zero attached hydrogens (tertiary/aromatic N) is 3. The number of benzene rings is 2. The predicted octanol–water partition coefficient (Wildman–Crippen LogP) is 4.05. The van der Waals surface area contributed by atoms with Gasteiger partial charge in [0, 0.05) is 23.7 Å². The summed E-state index contributed by atoms with van der Waals surface area (Å²) in [6, 6.07) is 20.1. The lowest BCUT2D eigenvalue weighted by Crippen LogP contribution is -2.34. The third-order valence-electron chi connectivity index (χ3n) is 5.35. The summed E-state index contributed by atoms with van der Waals surface area (Å²) < 4.78 is 17.3. The molecular formula is C22H17N3O3. The highest BCUT2D eigenvalue weighted by Gasteiger charge is 2.41. The fraction of sp³-hybridized carbons (Fsp3) is 0.182. The molecule has 0 bridgehead atoms. The summed E-state index contributed by atoms with van der Waals surface area (Å²) in [6.07, 6.45) is 2.23. The van der Waals surface area contributed by atoms with Crippen LogP contribution in [0.25, 0.3) is 0 Å². The van der Waals surface area contributed by atoms with Crippen molar-refractivity contribution in [2.45, 2.75) is 18.7 Å². The molecule has 6 heteroatoms. The lowest BCUT2D eigenvalue weighted by Gasteiger charge is -2.37. The topological polar surface area (TPSA) is 56.2 Å². The molecule has 3 aromatic rings. The van der Waals surface area contributed by atoms with Gasteiger partial charge in [-0.05, 0) is 36.4 Å². The number of hydrogen-bond donors (Lipinski definition) is 0. The third-order valence-corrected chi connectivity index (χ3v) is 5.35. The lowest BCUT2D eigenvalue weighted by atomic mass is 9.96. The fourth-order valence-corrected chi connectivity index (χ4v) is 4.00. The Bertz CT molecular complexity index is 1080. The van der Waals surface area contributed by atoms with Crippen molar-refractivity contribution in [1.29, 1.82) is 0 Å². The van der Waals surface area contributed by atoms with Crippen LogP contribution >= 0.6 is 0 Å².